The minimum Gasteiger partial charge on any atom is -0.478 e. The zero-order valence-corrected chi connectivity index (χ0v) is 11.2. The number of allylic oxidation sites excluding steroid dienone is 1. The number of rotatable bonds is 9. The van der Waals surface area contributed by atoms with Crippen molar-refractivity contribution in [2.75, 3.05) is 0 Å². The molecule has 17 heavy (non-hydrogen) atoms. The van der Waals surface area contributed by atoms with Crippen LogP contribution in [0.4, 0.5) is 0 Å². The fourth-order valence-electron chi connectivity index (χ4n) is 1.76. The van der Waals surface area contributed by atoms with Gasteiger partial charge in [-0.3, -0.25) is 4.79 Å². The average molecular weight is 240 g/mol. The van der Waals surface area contributed by atoms with Crippen LogP contribution >= 0.6 is 0 Å². The van der Waals surface area contributed by atoms with Crippen molar-refractivity contribution in [2.24, 2.45) is 5.41 Å². The van der Waals surface area contributed by atoms with E-state index in [1.807, 2.05) is 13.8 Å². The van der Waals surface area contributed by atoms with Crippen LogP contribution in [0.15, 0.2) is 12.2 Å². The molecule has 1 N–H and O–H groups in total. The number of hydrogen-bond donors (Lipinski definition) is 1. The van der Waals surface area contributed by atoms with Crippen LogP contribution in [-0.4, -0.2) is 16.9 Å². The number of carbonyl (C=O) groups is 2. The molecule has 0 radical (unpaired) electrons. The lowest BCUT2D eigenvalue weighted by Crippen LogP contribution is -2.25. The molecule has 1 atom stereocenters. The van der Waals surface area contributed by atoms with Gasteiger partial charge >= 0.3 is 5.97 Å². The number of hydrogen-bond acceptors (Lipinski definition) is 2. The van der Waals surface area contributed by atoms with Crippen molar-refractivity contribution in [3.8, 4) is 0 Å². The summed E-state index contributed by atoms with van der Waals surface area (Å²) in [6.45, 7) is 6.06. The van der Waals surface area contributed by atoms with Crippen molar-refractivity contribution in [1.82, 2.24) is 0 Å². The van der Waals surface area contributed by atoms with Crippen LogP contribution in [0.2, 0.25) is 0 Å². The average Bonchev–Trinajstić information content (AvgIpc) is 2.31. The number of carbonyl (C=O) groups excluding carboxylic acids is 1. The normalized spacial score (nSPS) is 14.8. The molecule has 0 aromatic carbocycles. The van der Waals surface area contributed by atoms with Crippen LogP contribution in [-0.2, 0) is 9.59 Å². The van der Waals surface area contributed by atoms with E-state index >= 15 is 0 Å². The number of carboxylic acids is 1. The Labute approximate surface area is 104 Å². The van der Waals surface area contributed by atoms with E-state index in [2.05, 4.69) is 6.92 Å². The van der Waals surface area contributed by atoms with E-state index in [-0.39, 0.29) is 5.78 Å². The topological polar surface area (TPSA) is 54.4 Å². The molecule has 0 spiro atoms. The number of unbranched alkanes of at least 4 members (excludes halogenated alkanes) is 3. The fourth-order valence-corrected chi connectivity index (χ4v) is 1.76. The van der Waals surface area contributed by atoms with Crippen molar-refractivity contribution >= 4 is 11.8 Å². The number of ketones is 1. The zero-order chi connectivity index (χ0) is 13.3. The van der Waals surface area contributed by atoms with E-state index in [4.69, 9.17) is 5.11 Å². The van der Waals surface area contributed by atoms with E-state index in [0.29, 0.717) is 0 Å². The molecule has 0 aromatic rings. The minimum absolute atomic E-state index is 0.0705. The summed E-state index contributed by atoms with van der Waals surface area (Å²) in [5.74, 6) is -1.14. The first-order chi connectivity index (χ1) is 7.96. The van der Waals surface area contributed by atoms with E-state index in [0.717, 1.165) is 31.8 Å². The summed E-state index contributed by atoms with van der Waals surface area (Å²) >= 11 is 0. The standard InChI is InChI=1S/C14H24O3/c1-4-6-7-8-11-14(3,5-2)12(15)9-10-13(16)17/h9-10H,4-8,11H2,1-3H3,(H,16,17)/b10-9+. The molecule has 0 heterocycles. The second-order valence-corrected chi connectivity index (χ2v) is 4.76. The maximum absolute atomic E-state index is 11.9. The van der Waals surface area contributed by atoms with Crippen molar-refractivity contribution in [1.29, 1.82) is 0 Å². The third-order valence-electron chi connectivity index (χ3n) is 3.33. The summed E-state index contributed by atoms with van der Waals surface area (Å²) in [6.07, 6.45) is 8.27. The van der Waals surface area contributed by atoms with Gasteiger partial charge in [0.25, 0.3) is 0 Å². The SMILES string of the molecule is CCCCCCC(C)(CC)C(=O)/C=C/C(=O)O. The smallest absolute Gasteiger partial charge is 0.328 e. The summed E-state index contributed by atoms with van der Waals surface area (Å²) < 4.78 is 0. The van der Waals surface area contributed by atoms with E-state index in [9.17, 15) is 9.59 Å². The molecule has 0 rings (SSSR count). The summed E-state index contributed by atoms with van der Waals surface area (Å²) in [5.41, 5.74) is -0.403. The first kappa shape index (κ1) is 15.9. The third kappa shape index (κ3) is 6.25. The van der Waals surface area contributed by atoms with Crippen LogP contribution in [0, 0.1) is 5.41 Å². The molecule has 0 amide bonds. The van der Waals surface area contributed by atoms with Gasteiger partial charge < -0.3 is 5.11 Å². The molecular weight excluding hydrogens is 216 g/mol. The van der Waals surface area contributed by atoms with Crippen LogP contribution < -0.4 is 0 Å². The molecule has 98 valence electrons. The highest BCUT2D eigenvalue weighted by atomic mass is 16.4. The first-order valence-electron chi connectivity index (χ1n) is 6.41. The molecule has 0 aliphatic carbocycles. The van der Waals surface area contributed by atoms with Crippen molar-refractivity contribution < 1.29 is 14.7 Å². The van der Waals surface area contributed by atoms with Gasteiger partial charge in [-0.2, -0.15) is 0 Å². The Hall–Kier alpha value is -1.12. The van der Waals surface area contributed by atoms with Gasteiger partial charge in [-0.1, -0.05) is 46.5 Å². The molecule has 0 fully saturated rings. The summed E-state index contributed by atoms with van der Waals surface area (Å²) in [6, 6.07) is 0. The zero-order valence-electron chi connectivity index (χ0n) is 11.2. The largest absolute Gasteiger partial charge is 0.478 e. The highest BCUT2D eigenvalue weighted by Crippen LogP contribution is 2.30. The van der Waals surface area contributed by atoms with Crippen molar-refractivity contribution in [2.45, 2.75) is 59.3 Å². The van der Waals surface area contributed by atoms with Gasteiger partial charge in [0.15, 0.2) is 5.78 Å². The Morgan fingerprint density at radius 1 is 1.12 bits per heavy atom. The highest BCUT2D eigenvalue weighted by molar-refractivity contribution is 5.98. The molecule has 3 heteroatoms. The maximum atomic E-state index is 11.9. The minimum atomic E-state index is -1.07. The van der Waals surface area contributed by atoms with Gasteiger partial charge in [0.05, 0.1) is 0 Å². The second-order valence-electron chi connectivity index (χ2n) is 4.76. The summed E-state index contributed by atoms with van der Waals surface area (Å²) in [4.78, 5) is 22.3. The van der Waals surface area contributed by atoms with Gasteiger partial charge in [0.1, 0.15) is 0 Å². The van der Waals surface area contributed by atoms with Crippen LogP contribution in [0.1, 0.15) is 59.3 Å². The van der Waals surface area contributed by atoms with Gasteiger partial charge in [-0.15, -0.1) is 0 Å². The molecule has 0 aliphatic heterocycles. The maximum Gasteiger partial charge on any atom is 0.328 e. The van der Waals surface area contributed by atoms with Gasteiger partial charge in [-0.05, 0) is 18.9 Å². The predicted octanol–water partition coefficient (Wildman–Crippen LogP) is 3.58. The molecular formula is C14H24O3. The van der Waals surface area contributed by atoms with Crippen LogP contribution in [0.5, 0.6) is 0 Å². The Kier molecular flexibility index (Phi) is 7.51. The highest BCUT2D eigenvalue weighted by Gasteiger charge is 2.28. The lowest BCUT2D eigenvalue weighted by Gasteiger charge is -2.25. The van der Waals surface area contributed by atoms with Crippen LogP contribution in [0.25, 0.3) is 0 Å². The number of carboxylic acid groups (broad SMARTS) is 1. The number of aliphatic carboxylic acids is 1. The second kappa shape index (κ2) is 8.04. The lowest BCUT2D eigenvalue weighted by atomic mass is 9.78. The molecule has 0 saturated carbocycles. The molecule has 1 unspecified atom stereocenters. The molecule has 0 aliphatic rings. The molecule has 0 aromatic heterocycles. The van der Waals surface area contributed by atoms with Crippen molar-refractivity contribution in [3.63, 3.8) is 0 Å². The van der Waals surface area contributed by atoms with E-state index in [1.54, 1.807) is 0 Å². The Balaban J connectivity index is 4.34. The van der Waals surface area contributed by atoms with Gasteiger partial charge in [0, 0.05) is 11.5 Å². The van der Waals surface area contributed by atoms with E-state index in [1.165, 1.54) is 18.9 Å². The summed E-state index contributed by atoms with van der Waals surface area (Å²) in [7, 11) is 0. The fraction of sp³-hybridized carbons (Fsp3) is 0.714. The molecule has 0 bridgehead atoms. The third-order valence-corrected chi connectivity index (χ3v) is 3.33. The van der Waals surface area contributed by atoms with Crippen molar-refractivity contribution in [3.05, 3.63) is 12.2 Å². The summed E-state index contributed by atoms with van der Waals surface area (Å²) in [5, 5.41) is 8.51. The van der Waals surface area contributed by atoms with Gasteiger partial charge in [-0.25, -0.2) is 4.79 Å². The van der Waals surface area contributed by atoms with E-state index < -0.39 is 11.4 Å². The van der Waals surface area contributed by atoms with Gasteiger partial charge in [0.2, 0.25) is 0 Å². The molecule has 3 nitrogen and oxygen atoms in total. The quantitative estimate of drug-likeness (QED) is 0.495. The monoisotopic (exact) mass is 240 g/mol. The lowest BCUT2D eigenvalue weighted by molar-refractivity contribution is -0.132. The predicted molar refractivity (Wildman–Crippen MR) is 68.9 cm³/mol. The Morgan fingerprint density at radius 3 is 2.24 bits per heavy atom. The Bertz CT molecular complexity index is 281. The van der Waals surface area contributed by atoms with Crippen LogP contribution in [0.3, 0.4) is 0 Å². The first-order valence-corrected chi connectivity index (χ1v) is 6.41. The Morgan fingerprint density at radius 2 is 1.76 bits per heavy atom. The molecule has 0 saturated heterocycles.